The van der Waals surface area contributed by atoms with Crippen LogP contribution >= 0.6 is 11.6 Å². The van der Waals surface area contributed by atoms with Crippen LogP contribution in [-0.2, 0) is 0 Å². The van der Waals surface area contributed by atoms with Crippen LogP contribution in [0.3, 0.4) is 0 Å². The van der Waals surface area contributed by atoms with Crippen LogP contribution in [0.4, 0.5) is 11.4 Å². The molecule has 0 spiro atoms. The smallest absolute Gasteiger partial charge is 0.280 e. The number of H-pyrrole nitrogens is 1. The highest BCUT2D eigenvalue weighted by Gasteiger charge is 2.16. The number of halogens is 1. The molecule has 0 saturated heterocycles. The van der Waals surface area contributed by atoms with Gasteiger partial charge in [0.15, 0.2) is 0 Å². The summed E-state index contributed by atoms with van der Waals surface area (Å²) in [6, 6.07) is 12.7. The van der Waals surface area contributed by atoms with Gasteiger partial charge in [-0.25, -0.2) is 4.68 Å². The first-order chi connectivity index (χ1) is 12.4. The normalized spacial score (nSPS) is 11.6. The van der Waals surface area contributed by atoms with Gasteiger partial charge >= 0.3 is 0 Å². The van der Waals surface area contributed by atoms with Crippen LogP contribution in [0, 0.1) is 17.0 Å². The second-order valence-electron chi connectivity index (χ2n) is 5.70. The summed E-state index contributed by atoms with van der Waals surface area (Å²) < 4.78 is 1.34. The SMILES string of the molecule is CC(=Nc1ccc(Cl)cc1)c1c(C)[nH]n(-c2ccc([N+](=O)[O-])cc2)c1=O. The van der Waals surface area contributed by atoms with Crippen LogP contribution in [0.25, 0.3) is 5.69 Å². The molecule has 0 unspecified atom stereocenters. The molecule has 7 nitrogen and oxygen atoms in total. The molecular formula is C18H15ClN4O3. The molecule has 0 bridgehead atoms. The van der Waals surface area contributed by atoms with Crippen molar-refractivity contribution in [1.29, 1.82) is 0 Å². The van der Waals surface area contributed by atoms with Crippen molar-refractivity contribution in [2.75, 3.05) is 0 Å². The second-order valence-corrected chi connectivity index (χ2v) is 6.14. The fraction of sp³-hybridized carbons (Fsp3) is 0.111. The van der Waals surface area contributed by atoms with Crippen LogP contribution in [0.1, 0.15) is 18.2 Å². The molecule has 1 aromatic heterocycles. The number of nitro benzene ring substituents is 1. The number of hydrogen-bond acceptors (Lipinski definition) is 4. The highest BCUT2D eigenvalue weighted by molar-refractivity contribution is 6.30. The number of benzene rings is 2. The Labute approximate surface area is 153 Å². The minimum Gasteiger partial charge on any atom is -0.295 e. The monoisotopic (exact) mass is 370 g/mol. The van der Waals surface area contributed by atoms with E-state index in [0.717, 1.165) is 0 Å². The minimum absolute atomic E-state index is 0.0363. The molecule has 0 aliphatic rings. The van der Waals surface area contributed by atoms with E-state index in [9.17, 15) is 14.9 Å². The fourth-order valence-corrected chi connectivity index (χ4v) is 2.77. The summed E-state index contributed by atoms with van der Waals surface area (Å²) in [5.41, 5.74) is 2.56. The number of hydrogen-bond donors (Lipinski definition) is 1. The first-order valence-electron chi connectivity index (χ1n) is 7.74. The van der Waals surface area contributed by atoms with Crippen LogP contribution in [0.5, 0.6) is 0 Å². The maximum atomic E-state index is 12.8. The van der Waals surface area contributed by atoms with Crippen molar-refractivity contribution in [2.45, 2.75) is 13.8 Å². The third-order valence-corrected chi connectivity index (χ3v) is 4.13. The molecule has 2 aromatic carbocycles. The van der Waals surface area contributed by atoms with Crippen LogP contribution in [0.2, 0.25) is 5.02 Å². The van der Waals surface area contributed by atoms with E-state index in [1.165, 1.54) is 28.9 Å². The van der Waals surface area contributed by atoms with Gasteiger partial charge in [0, 0.05) is 22.8 Å². The third-order valence-electron chi connectivity index (χ3n) is 3.88. The molecule has 0 amide bonds. The van der Waals surface area contributed by atoms with Gasteiger partial charge in [-0.05, 0) is 50.2 Å². The van der Waals surface area contributed by atoms with E-state index in [2.05, 4.69) is 10.1 Å². The Bertz CT molecular complexity index is 1050. The molecule has 0 radical (unpaired) electrons. The molecule has 1 heterocycles. The van der Waals surface area contributed by atoms with Crippen molar-refractivity contribution in [3.05, 3.63) is 85.3 Å². The molecule has 0 saturated carbocycles. The van der Waals surface area contributed by atoms with E-state index in [0.29, 0.717) is 33.4 Å². The van der Waals surface area contributed by atoms with Crippen molar-refractivity contribution in [3.8, 4) is 5.69 Å². The van der Waals surface area contributed by atoms with Crippen molar-refractivity contribution < 1.29 is 4.92 Å². The molecule has 3 rings (SSSR count). The Hall–Kier alpha value is -3.19. The summed E-state index contributed by atoms with van der Waals surface area (Å²) in [6.07, 6.45) is 0. The highest BCUT2D eigenvalue weighted by Crippen LogP contribution is 2.18. The quantitative estimate of drug-likeness (QED) is 0.424. The lowest BCUT2D eigenvalue weighted by molar-refractivity contribution is -0.384. The summed E-state index contributed by atoms with van der Waals surface area (Å²) in [4.78, 5) is 27.5. The zero-order valence-corrected chi connectivity index (χ0v) is 14.8. The molecule has 3 aromatic rings. The molecule has 0 atom stereocenters. The number of non-ortho nitro benzene ring substituents is 1. The molecule has 0 aliphatic heterocycles. The maximum Gasteiger partial charge on any atom is 0.280 e. The summed E-state index contributed by atoms with van der Waals surface area (Å²) in [5, 5.41) is 14.4. The molecule has 1 N–H and O–H groups in total. The van der Waals surface area contributed by atoms with Crippen molar-refractivity contribution in [2.24, 2.45) is 4.99 Å². The topological polar surface area (TPSA) is 93.3 Å². The fourth-order valence-electron chi connectivity index (χ4n) is 2.64. The summed E-state index contributed by atoms with van der Waals surface area (Å²) in [6.45, 7) is 3.53. The van der Waals surface area contributed by atoms with Gasteiger partial charge in [0.1, 0.15) is 0 Å². The maximum absolute atomic E-state index is 12.8. The molecule has 26 heavy (non-hydrogen) atoms. The van der Waals surface area contributed by atoms with Gasteiger partial charge in [0.2, 0.25) is 0 Å². The predicted molar refractivity (Wildman–Crippen MR) is 101 cm³/mol. The van der Waals surface area contributed by atoms with Crippen molar-refractivity contribution in [3.63, 3.8) is 0 Å². The van der Waals surface area contributed by atoms with E-state index in [1.807, 2.05) is 0 Å². The van der Waals surface area contributed by atoms with Gasteiger partial charge in [-0.3, -0.25) is 25.0 Å². The number of aromatic amines is 1. The number of aryl methyl sites for hydroxylation is 1. The van der Waals surface area contributed by atoms with E-state index < -0.39 is 4.92 Å². The zero-order valence-electron chi connectivity index (χ0n) is 14.1. The van der Waals surface area contributed by atoms with Gasteiger partial charge in [0.05, 0.1) is 27.6 Å². The average Bonchev–Trinajstić information content (AvgIpc) is 2.91. The zero-order chi connectivity index (χ0) is 18.8. The van der Waals surface area contributed by atoms with Gasteiger partial charge in [-0.1, -0.05) is 11.6 Å². The van der Waals surface area contributed by atoms with E-state index >= 15 is 0 Å². The molecule has 132 valence electrons. The summed E-state index contributed by atoms with van der Waals surface area (Å²) in [7, 11) is 0. The third kappa shape index (κ3) is 3.43. The number of nitrogens with zero attached hydrogens (tertiary/aromatic N) is 3. The first-order valence-corrected chi connectivity index (χ1v) is 8.12. The van der Waals surface area contributed by atoms with Gasteiger partial charge < -0.3 is 0 Å². The Kier molecular flexibility index (Phi) is 4.73. The predicted octanol–water partition coefficient (Wildman–Crippen LogP) is 4.18. The molecule has 8 heteroatoms. The average molecular weight is 371 g/mol. The largest absolute Gasteiger partial charge is 0.295 e. The second kappa shape index (κ2) is 6.97. The first kappa shape index (κ1) is 17.6. The lowest BCUT2D eigenvalue weighted by Gasteiger charge is -2.01. The summed E-state index contributed by atoms with van der Waals surface area (Å²) in [5.74, 6) is 0. The van der Waals surface area contributed by atoms with E-state index in [4.69, 9.17) is 11.6 Å². The lowest BCUT2D eigenvalue weighted by atomic mass is 10.1. The van der Waals surface area contributed by atoms with Crippen molar-refractivity contribution in [1.82, 2.24) is 9.78 Å². The Morgan fingerprint density at radius 3 is 2.35 bits per heavy atom. The Balaban J connectivity index is 2.01. The standard InChI is InChI=1S/C18H15ClN4O3/c1-11(20-14-5-3-13(19)4-6-14)17-12(2)21-22(18(17)24)15-7-9-16(10-8-15)23(25)26/h3-10,21H,1-2H3. The number of nitrogens with one attached hydrogen (secondary N) is 1. The van der Waals surface area contributed by atoms with Crippen molar-refractivity contribution >= 4 is 28.7 Å². The highest BCUT2D eigenvalue weighted by atomic mass is 35.5. The Morgan fingerprint density at radius 2 is 1.77 bits per heavy atom. The van der Waals surface area contributed by atoms with E-state index in [1.54, 1.807) is 38.1 Å². The molecule has 0 aliphatic carbocycles. The van der Waals surface area contributed by atoms with Gasteiger partial charge in [0.25, 0.3) is 11.2 Å². The van der Waals surface area contributed by atoms with Gasteiger partial charge in [-0.2, -0.15) is 0 Å². The van der Waals surface area contributed by atoms with Gasteiger partial charge in [-0.15, -0.1) is 0 Å². The minimum atomic E-state index is -0.485. The number of aliphatic imine (C=N–C) groups is 1. The number of aromatic nitrogens is 2. The van der Waals surface area contributed by atoms with Crippen LogP contribution < -0.4 is 5.56 Å². The lowest BCUT2D eigenvalue weighted by Crippen LogP contribution is -2.19. The molecular weight excluding hydrogens is 356 g/mol. The van der Waals surface area contributed by atoms with Crippen LogP contribution in [0.15, 0.2) is 58.3 Å². The van der Waals surface area contributed by atoms with Crippen LogP contribution in [-0.4, -0.2) is 20.4 Å². The Morgan fingerprint density at radius 1 is 1.15 bits per heavy atom. The summed E-state index contributed by atoms with van der Waals surface area (Å²) >= 11 is 5.87. The van der Waals surface area contributed by atoms with E-state index in [-0.39, 0.29) is 11.2 Å². The molecule has 0 fully saturated rings. The number of nitro groups is 1. The number of rotatable bonds is 4.